The summed E-state index contributed by atoms with van der Waals surface area (Å²) in [5.74, 6) is -3.65. The normalized spacial score (nSPS) is 45.1. The number of ether oxygens (including phenoxy) is 13. The Morgan fingerprint density at radius 1 is 0.323 bits per heavy atom. The lowest BCUT2D eigenvalue weighted by atomic mass is 9.89. The predicted octanol–water partition coefficient (Wildman–Crippen LogP) is -13.0. The summed E-state index contributed by atoms with van der Waals surface area (Å²) in [7, 11) is 0. The molecule has 0 spiro atoms. The molecule has 15 unspecified atom stereocenters. The number of hydrogen-bond donors (Lipinski definition) is 22. The van der Waals surface area contributed by atoms with Crippen molar-refractivity contribution >= 4 is 45.3 Å². The maximum atomic E-state index is 12.9. The Kier molecular flexibility index (Phi) is 32.3. The van der Waals surface area contributed by atoms with Crippen molar-refractivity contribution in [3.8, 4) is 0 Å². The van der Waals surface area contributed by atoms with Crippen LogP contribution in [0.1, 0.15) is 49.0 Å². The average Bonchev–Trinajstić information content (AvgIpc) is 0.757. The van der Waals surface area contributed by atoms with Gasteiger partial charge in [-0.25, -0.2) is 0 Å². The fourth-order valence-corrected chi connectivity index (χ4v) is 12.3. The molecular formula is C55H95BrN4O36. The Morgan fingerprint density at radius 3 is 1.05 bits per heavy atom. The molecule has 7 rings (SSSR count). The topological polar surface area (TPSA) is 618 Å². The van der Waals surface area contributed by atoms with Gasteiger partial charge in [0.2, 0.25) is 23.6 Å². The summed E-state index contributed by atoms with van der Waals surface area (Å²) in [4.78, 5) is 62.6. The van der Waals surface area contributed by atoms with Crippen molar-refractivity contribution in [2.75, 3.05) is 51.6 Å². The number of aliphatic hydroxyl groups excluding tert-OH is 18. The van der Waals surface area contributed by atoms with Crippen LogP contribution in [-0.4, -0.2) is 387 Å². The van der Waals surface area contributed by atoms with Gasteiger partial charge in [-0.15, -0.1) is 0 Å². The molecule has 41 heteroatoms. The SMILES string of the molecule is C.C.CC(=O)NC1C(O)[C@H](O)C(CO)O[C@H]1OC1[C@@H](OCC2O[C@@H](O[C@@H]3C(CO)O[C@@H](O[C@@H]4C(CO)O[C@@H](CC(=O)CBr)C(NC(C)=O)[C@H]4O)C(NC(C)=O)[C@H]3O)C(O)[C@@H](O[C@@H]3OC(CO)[C@H](O)C(O)[C@@H]3O[C@@H]3OC(CO)[C@@H](O)[C@H](O)C3NC(C)=O)[C@@H]2O)OC(CO)[C@@H](O)[C@@H]1O. The summed E-state index contributed by atoms with van der Waals surface area (Å²) in [6, 6.07) is -6.65. The Balaban J connectivity index is 0.00000833. The molecule has 7 fully saturated rings. The van der Waals surface area contributed by atoms with Crippen LogP contribution in [0, 0.1) is 0 Å². The van der Waals surface area contributed by atoms with Crippen LogP contribution in [0.4, 0.5) is 0 Å². The zero-order valence-corrected chi connectivity index (χ0v) is 52.4. The molecule has 7 saturated heterocycles. The number of alkyl halides is 1. The summed E-state index contributed by atoms with van der Waals surface area (Å²) in [6.45, 7) is -3.05. The van der Waals surface area contributed by atoms with Crippen LogP contribution >= 0.6 is 15.9 Å². The van der Waals surface area contributed by atoms with E-state index in [0.29, 0.717) is 0 Å². The van der Waals surface area contributed by atoms with Crippen LogP contribution in [0.5, 0.6) is 0 Å². The lowest BCUT2D eigenvalue weighted by molar-refractivity contribution is -0.395. The predicted molar refractivity (Wildman–Crippen MR) is 313 cm³/mol. The van der Waals surface area contributed by atoms with Crippen LogP contribution in [0.3, 0.4) is 0 Å². The summed E-state index contributed by atoms with van der Waals surface area (Å²) >= 11 is 3.04. The van der Waals surface area contributed by atoms with E-state index in [0.717, 1.165) is 27.7 Å². The van der Waals surface area contributed by atoms with E-state index in [1.807, 2.05) is 0 Å². The minimum Gasteiger partial charge on any atom is -0.394 e. The molecule has 7 heterocycles. The Labute approximate surface area is 557 Å². The fourth-order valence-electron chi connectivity index (χ4n) is 12.0. The molecule has 40 nitrogen and oxygen atoms in total. The number of aliphatic hydroxyl groups is 18. The molecule has 0 saturated carbocycles. The second-order valence-corrected chi connectivity index (χ2v) is 24.1. The van der Waals surface area contributed by atoms with Crippen molar-refractivity contribution in [3.63, 3.8) is 0 Å². The monoisotopic (exact) mass is 1470 g/mol. The minimum absolute atomic E-state index is 0. The third kappa shape index (κ3) is 19.1. The first kappa shape index (κ1) is 83.5. The summed E-state index contributed by atoms with van der Waals surface area (Å²) in [6.07, 6.45) is -61.5. The van der Waals surface area contributed by atoms with Gasteiger partial charge in [-0.2, -0.15) is 0 Å². The largest absolute Gasteiger partial charge is 0.394 e. The quantitative estimate of drug-likeness (QED) is 0.0358. The van der Waals surface area contributed by atoms with Crippen molar-refractivity contribution < 1.29 is 177 Å². The molecule has 7 aliphatic heterocycles. The molecule has 96 heavy (non-hydrogen) atoms. The van der Waals surface area contributed by atoms with Crippen LogP contribution in [0.15, 0.2) is 0 Å². The number of rotatable bonds is 26. The van der Waals surface area contributed by atoms with Gasteiger partial charge in [-0.05, 0) is 0 Å². The number of halogens is 1. The van der Waals surface area contributed by atoms with Crippen molar-refractivity contribution in [1.29, 1.82) is 0 Å². The molecule has 22 N–H and O–H groups in total. The van der Waals surface area contributed by atoms with Crippen LogP contribution < -0.4 is 21.3 Å². The highest BCUT2D eigenvalue weighted by molar-refractivity contribution is 9.09. The third-order valence-electron chi connectivity index (χ3n) is 16.8. The minimum atomic E-state index is -2.45. The van der Waals surface area contributed by atoms with Gasteiger partial charge in [0.25, 0.3) is 0 Å². The third-order valence-corrected chi connectivity index (χ3v) is 17.5. The maximum absolute atomic E-state index is 12.9. The highest BCUT2D eigenvalue weighted by atomic mass is 79.9. The number of amides is 4. The smallest absolute Gasteiger partial charge is 0.217 e. The number of ketones is 1. The standard InChI is InChI=1S/C53H87BrN4O36.2CH4/c1-14(65)55-27-19(5-18(69)6-54)83-24(11-63)43(38(27)77)90-50-30(58-17(4)68)39(78)44(25(12-64)88-50)91-51-42(81)45(92-53-47(41(80)34(73)23(10-62)87-53)94-49-29(57-16(3)67)37(76)32(71)21(8-60)85-49)35(74)26(89-51)13-82-52-46(40(79)33(72)22(9-61)86-52)93-48-28(56-15(2)66)36(75)31(70)20(7-59)84-48;;/h19-53,59-64,70-81H,5-13H2,1-4H3,(H,55,65)(H,56,66)(H,57,67)(H,58,68);2*1H4/t19-,20?,21?,22?,23?,24?,25?,26?,27?,28?,29?,30?,31+,32+,33+,34-,35+,36?,37+,38+,39+,40-,41?,42?,43+,44+,45-,46?,47-,48-,49-,50-,51-,52-,53-;;/m0../s1. The maximum Gasteiger partial charge on any atom is 0.217 e. The fraction of sp³-hybridized carbons (Fsp3) is 0.909. The van der Waals surface area contributed by atoms with Gasteiger partial charge in [0.1, 0.15) is 170 Å². The highest BCUT2D eigenvalue weighted by Gasteiger charge is 2.59. The number of carbonyl (C=O) groups is 5. The highest BCUT2D eigenvalue weighted by Crippen LogP contribution is 2.38. The van der Waals surface area contributed by atoms with E-state index < -0.39 is 290 Å². The Hall–Kier alpha value is -3.21. The molecule has 0 aromatic carbocycles. The van der Waals surface area contributed by atoms with E-state index in [4.69, 9.17) is 61.6 Å². The summed E-state index contributed by atoms with van der Waals surface area (Å²) in [5, 5.41) is 209. The average molecular weight is 1470 g/mol. The number of nitrogens with one attached hydrogen (secondary N) is 4. The first-order valence-electron chi connectivity index (χ1n) is 29.9. The van der Waals surface area contributed by atoms with E-state index in [9.17, 15) is 116 Å². The molecule has 0 radical (unpaired) electrons. The van der Waals surface area contributed by atoms with Crippen molar-refractivity contribution in [2.24, 2.45) is 0 Å². The zero-order valence-electron chi connectivity index (χ0n) is 50.8. The van der Waals surface area contributed by atoms with Gasteiger partial charge >= 0.3 is 0 Å². The number of hydrogen-bond acceptors (Lipinski definition) is 36. The summed E-state index contributed by atoms with van der Waals surface area (Å²) < 4.78 is 77.7. The Morgan fingerprint density at radius 2 is 0.635 bits per heavy atom. The van der Waals surface area contributed by atoms with E-state index in [1.54, 1.807) is 0 Å². The van der Waals surface area contributed by atoms with Gasteiger partial charge < -0.3 is 175 Å². The van der Waals surface area contributed by atoms with Crippen molar-refractivity contribution in [1.82, 2.24) is 21.3 Å². The van der Waals surface area contributed by atoms with E-state index in [2.05, 4.69) is 37.2 Å². The van der Waals surface area contributed by atoms with Crippen molar-refractivity contribution in [3.05, 3.63) is 0 Å². The molecule has 7 aliphatic rings. The van der Waals surface area contributed by atoms with Crippen LogP contribution in [0.2, 0.25) is 0 Å². The number of Topliss-reactive ketones (excluding diaryl/α,β-unsaturated/α-hetero) is 1. The zero-order chi connectivity index (χ0) is 69.5. The van der Waals surface area contributed by atoms with Crippen LogP contribution in [-0.2, 0) is 85.6 Å². The van der Waals surface area contributed by atoms with Crippen molar-refractivity contribution in [2.45, 2.75) is 263 Å². The number of carbonyl (C=O) groups excluding carboxylic acids is 5. The molecular weight excluding hydrogens is 1370 g/mol. The second-order valence-electron chi connectivity index (χ2n) is 23.6. The first-order valence-corrected chi connectivity index (χ1v) is 31.0. The van der Waals surface area contributed by atoms with Gasteiger partial charge in [-0.1, -0.05) is 30.8 Å². The van der Waals surface area contributed by atoms with E-state index in [1.165, 1.54) is 0 Å². The van der Waals surface area contributed by atoms with Gasteiger partial charge in [0.05, 0.1) is 63.7 Å². The molecule has 4 amide bonds. The lowest BCUT2D eigenvalue weighted by Crippen LogP contribution is -2.70. The molecule has 0 aromatic rings. The van der Waals surface area contributed by atoms with Crippen LogP contribution in [0.25, 0.3) is 0 Å². The Bertz CT molecular complexity index is 2460. The van der Waals surface area contributed by atoms with E-state index in [-0.39, 0.29) is 26.6 Å². The molecule has 0 bridgehead atoms. The lowest BCUT2D eigenvalue weighted by Gasteiger charge is -2.51. The first-order chi connectivity index (χ1) is 44.5. The molecule has 558 valence electrons. The van der Waals surface area contributed by atoms with Gasteiger partial charge in [-0.3, -0.25) is 24.0 Å². The van der Waals surface area contributed by atoms with Gasteiger partial charge in [0.15, 0.2) is 37.7 Å². The molecule has 0 aliphatic carbocycles. The second kappa shape index (κ2) is 37.1. The van der Waals surface area contributed by atoms with E-state index >= 15 is 0 Å². The molecule has 35 atom stereocenters. The summed E-state index contributed by atoms with van der Waals surface area (Å²) in [5.41, 5.74) is 0. The molecule has 0 aromatic heterocycles. The van der Waals surface area contributed by atoms with Gasteiger partial charge in [0, 0.05) is 34.1 Å².